The van der Waals surface area contributed by atoms with Crippen molar-refractivity contribution >= 4 is 28.9 Å². The second kappa shape index (κ2) is 9.80. The fourth-order valence-corrected chi connectivity index (χ4v) is 3.31. The largest absolute Gasteiger partial charge is 0.494 e. The molecule has 0 aliphatic carbocycles. The number of ether oxygens (including phenoxy) is 1. The smallest absolute Gasteiger partial charge is 0.320 e. The van der Waals surface area contributed by atoms with Crippen LogP contribution in [-0.4, -0.2) is 18.4 Å². The summed E-state index contributed by atoms with van der Waals surface area (Å²) >= 11 is 0. The minimum atomic E-state index is -0.711. The fraction of sp³-hybridized carbons (Fsp3) is 0.200. The Morgan fingerprint density at radius 2 is 1.65 bits per heavy atom. The molecule has 0 spiro atoms. The van der Waals surface area contributed by atoms with Gasteiger partial charge < -0.3 is 15.8 Å². The predicted octanol–water partition coefficient (Wildman–Crippen LogP) is 4.52. The first-order chi connectivity index (χ1) is 14.9. The lowest BCUT2D eigenvalue weighted by atomic mass is 10.0. The lowest BCUT2D eigenvalue weighted by Gasteiger charge is -2.24. The molecule has 0 saturated heterocycles. The van der Waals surface area contributed by atoms with Crippen LogP contribution in [0.25, 0.3) is 0 Å². The number of benzene rings is 3. The maximum absolute atomic E-state index is 13.2. The molecule has 3 aromatic carbocycles. The van der Waals surface area contributed by atoms with Gasteiger partial charge in [0.15, 0.2) is 0 Å². The normalized spacial score (nSPS) is 11.5. The molecule has 160 valence electrons. The Kier molecular flexibility index (Phi) is 6.92. The highest BCUT2D eigenvalue weighted by Gasteiger charge is 2.27. The SMILES string of the molecule is CCOc1ccc(C)cc1C(C)NC(=O)C(=O)N(c1ccccc1)c1ccc(N)cc1. The maximum Gasteiger partial charge on any atom is 0.320 e. The molecule has 3 rings (SSSR count). The molecule has 2 amide bonds. The fourth-order valence-electron chi connectivity index (χ4n) is 3.31. The molecule has 0 bridgehead atoms. The van der Waals surface area contributed by atoms with Gasteiger partial charge in [-0.15, -0.1) is 0 Å². The number of amides is 2. The number of nitrogens with two attached hydrogens (primary N) is 1. The zero-order valence-electron chi connectivity index (χ0n) is 18.0. The number of hydrogen-bond acceptors (Lipinski definition) is 4. The highest BCUT2D eigenvalue weighted by Crippen LogP contribution is 2.28. The molecule has 0 saturated carbocycles. The van der Waals surface area contributed by atoms with Crippen molar-refractivity contribution in [2.45, 2.75) is 26.8 Å². The summed E-state index contributed by atoms with van der Waals surface area (Å²) < 4.78 is 5.69. The van der Waals surface area contributed by atoms with Crippen molar-refractivity contribution in [2.75, 3.05) is 17.2 Å². The number of nitrogens with one attached hydrogen (secondary N) is 1. The van der Waals surface area contributed by atoms with Crippen LogP contribution in [0.2, 0.25) is 0 Å². The molecule has 1 atom stereocenters. The number of anilines is 3. The molecule has 6 heteroatoms. The summed E-state index contributed by atoms with van der Waals surface area (Å²) in [5.41, 5.74) is 9.37. The number of nitrogens with zero attached hydrogens (tertiary/aromatic N) is 1. The Balaban J connectivity index is 1.88. The minimum absolute atomic E-state index is 0.415. The zero-order chi connectivity index (χ0) is 22.4. The number of carbonyl (C=O) groups excluding carboxylic acids is 2. The second-order valence-electron chi connectivity index (χ2n) is 7.24. The van der Waals surface area contributed by atoms with Gasteiger partial charge in [0.05, 0.1) is 12.6 Å². The Bertz CT molecular complexity index is 1050. The Morgan fingerprint density at radius 1 is 1.00 bits per heavy atom. The predicted molar refractivity (Wildman–Crippen MR) is 123 cm³/mol. The van der Waals surface area contributed by atoms with E-state index in [1.165, 1.54) is 4.90 Å². The van der Waals surface area contributed by atoms with Gasteiger partial charge in [-0.1, -0.05) is 35.9 Å². The molecular weight excluding hydrogens is 390 g/mol. The Morgan fingerprint density at radius 3 is 2.29 bits per heavy atom. The van der Waals surface area contributed by atoms with Crippen LogP contribution in [0.15, 0.2) is 72.8 Å². The summed E-state index contributed by atoms with van der Waals surface area (Å²) in [6, 6.07) is 21.2. The van der Waals surface area contributed by atoms with E-state index in [4.69, 9.17) is 10.5 Å². The second-order valence-corrected chi connectivity index (χ2v) is 7.24. The number of rotatable bonds is 6. The van der Waals surface area contributed by atoms with E-state index in [-0.39, 0.29) is 0 Å². The van der Waals surface area contributed by atoms with Gasteiger partial charge in [-0.25, -0.2) is 0 Å². The lowest BCUT2D eigenvalue weighted by molar-refractivity contribution is -0.137. The van der Waals surface area contributed by atoms with Gasteiger partial charge in [0.25, 0.3) is 0 Å². The topological polar surface area (TPSA) is 84.7 Å². The number of aryl methyl sites for hydroxylation is 1. The van der Waals surface area contributed by atoms with Gasteiger partial charge in [0, 0.05) is 22.6 Å². The molecule has 0 aliphatic heterocycles. The minimum Gasteiger partial charge on any atom is -0.494 e. The summed E-state index contributed by atoms with van der Waals surface area (Å²) in [4.78, 5) is 27.6. The van der Waals surface area contributed by atoms with Crippen molar-refractivity contribution in [1.29, 1.82) is 0 Å². The Labute approximate surface area is 182 Å². The van der Waals surface area contributed by atoms with Crippen LogP contribution in [0.5, 0.6) is 5.75 Å². The lowest BCUT2D eigenvalue weighted by Crippen LogP contribution is -2.41. The van der Waals surface area contributed by atoms with Crippen molar-refractivity contribution in [2.24, 2.45) is 0 Å². The van der Waals surface area contributed by atoms with E-state index in [0.29, 0.717) is 29.4 Å². The summed E-state index contributed by atoms with van der Waals surface area (Å²) in [7, 11) is 0. The van der Waals surface area contributed by atoms with Crippen LogP contribution in [0.1, 0.15) is 31.0 Å². The molecule has 6 nitrogen and oxygen atoms in total. The summed E-state index contributed by atoms with van der Waals surface area (Å²) in [6.07, 6.45) is 0. The van der Waals surface area contributed by atoms with Gasteiger partial charge in [0.1, 0.15) is 5.75 Å². The van der Waals surface area contributed by atoms with Crippen molar-refractivity contribution in [3.8, 4) is 5.75 Å². The van der Waals surface area contributed by atoms with Crippen molar-refractivity contribution in [1.82, 2.24) is 5.32 Å². The van der Waals surface area contributed by atoms with E-state index in [2.05, 4.69) is 5.32 Å². The Hall–Kier alpha value is -3.80. The third-order valence-electron chi connectivity index (χ3n) is 4.84. The van der Waals surface area contributed by atoms with Crippen LogP contribution in [0.3, 0.4) is 0 Å². The molecule has 0 aliphatic rings. The van der Waals surface area contributed by atoms with Crippen molar-refractivity contribution < 1.29 is 14.3 Å². The van der Waals surface area contributed by atoms with E-state index in [9.17, 15) is 9.59 Å². The average Bonchev–Trinajstić information content (AvgIpc) is 2.77. The van der Waals surface area contributed by atoms with Crippen LogP contribution < -0.4 is 20.7 Å². The highest BCUT2D eigenvalue weighted by atomic mass is 16.5. The quantitative estimate of drug-likeness (QED) is 0.456. The first-order valence-electron chi connectivity index (χ1n) is 10.2. The number of hydrogen-bond donors (Lipinski definition) is 2. The van der Waals surface area contributed by atoms with Gasteiger partial charge >= 0.3 is 11.8 Å². The van der Waals surface area contributed by atoms with Crippen LogP contribution >= 0.6 is 0 Å². The molecule has 0 fully saturated rings. The number of para-hydroxylation sites is 1. The molecule has 0 aromatic heterocycles. The third-order valence-corrected chi connectivity index (χ3v) is 4.84. The number of carbonyl (C=O) groups is 2. The van der Waals surface area contributed by atoms with E-state index >= 15 is 0 Å². The molecule has 3 N–H and O–H groups in total. The van der Waals surface area contributed by atoms with Crippen LogP contribution in [0.4, 0.5) is 17.1 Å². The summed E-state index contributed by atoms with van der Waals surface area (Å²) in [6.45, 7) is 6.21. The first kappa shape index (κ1) is 21.9. The number of nitrogen functional groups attached to an aromatic ring is 1. The average molecular weight is 418 g/mol. The van der Waals surface area contributed by atoms with Gasteiger partial charge in [-0.05, 0) is 63.2 Å². The maximum atomic E-state index is 13.2. The highest BCUT2D eigenvalue weighted by molar-refractivity contribution is 6.42. The van der Waals surface area contributed by atoms with E-state index in [1.54, 1.807) is 36.4 Å². The standard InChI is InChI=1S/C25H27N3O3/c1-4-31-23-15-10-17(2)16-22(23)18(3)27-24(29)25(30)28(20-8-6-5-7-9-20)21-13-11-19(26)12-14-21/h5-16,18H,4,26H2,1-3H3,(H,27,29). The monoisotopic (exact) mass is 417 g/mol. The molecule has 0 heterocycles. The van der Waals surface area contributed by atoms with Crippen LogP contribution in [0, 0.1) is 6.92 Å². The van der Waals surface area contributed by atoms with Crippen LogP contribution in [-0.2, 0) is 9.59 Å². The third kappa shape index (κ3) is 5.22. The first-order valence-corrected chi connectivity index (χ1v) is 10.2. The molecule has 3 aromatic rings. The molecule has 31 heavy (non-hydrogen) atoms. The van der Waals surface area contributed by atoms with Gasteiger partial charge in [0.2, 0.25) is 0 Å². The molecule has 0 radical (unpaired) electrons. The van der Waals surface area contributed by atoms with E-state index in [0.717, 1.165) is 11.1 Å². The zero-order valence-corrected chi connectivity index (χ0v) is 18.0. The molecular formula is C25H27N3O3. The molecule has 1 unspecified atom stereocenters. The van der Waals surface area contributed by atoms with Crippen molar-refractivity contribution in [3.05, 3.63) is 83.9 Å². The summed E-state index contributed by atoms with van der Waals surface area (Å²) in [5.74, 6) is -0.711. The summed E-state index contributed by atoms with van der Waals surface area (Å²) in [5, 5.41) is 2.82. The van der Waals surface area contributed by atoms with Gasteiger partial charge in [-0.3, -0.25) is 14.5 Å². The van der Waals surface area contributed by atoms with E-state index in [1.807, 2.05) is 57.2 Å². The van der Waals surface area contributed by atoms with Gasteiger partial charge in [-0.2, -0.15) is 0 Å². The van der Waals surface area contributed by atoms with Crippen molar-refractivity contribution in [3.63, 3.8) is 0 Å². The van der Waals surface area contributed by atoms with E-state index < -0.39 is 17.9 Å².